The molecule has 1 unspecified atom stereocenters. The molecule has 4 nitrogen and oxygen atoms in total. The van der Waals surface area contributed by atoms with Gasteiger partial charge >= 0.3 is 6.03 Å². The summed E-state index contributed by atoms with van der Waals surface area (Å²) < 4.78 is 0. The van der Waals surface area contributed by atoms with Gasteiger partial charge in [-0.25, -0.2) is 4.79 Å². The van der Waals surface area contributed by atoms with Gasteiger partial charge in [-0.1, -0.05) is 24.3 Å². The van der Waals surface area contributed by atoms with Crippen molar-refractivity contribution in [2.75, 3.05) is 14.1 Å². The summed E-state index contributed by atoms with van der Waals surface area (Å²) in [4.78, 5) is 14.8. The Hall–Kier alpha value is -2.28. The molecule has 0 radical (unpaired) electrons. The summed E-state index contributed by atoms with van der Waals surface area (Å²) in [5.41, 5.74) is 1.86. The van der Waals surface area contributed by atoms with Gasteiger partial charge in [-0.15, -0.1) is 0 Å². The molecule has 0 aliphatic carbocycles. The number of fused-ring (bicyclic) bond motifs is 1. The van der Waals surface area contributed by atoms with Gasteiger partial charge in [-0.3, -0.25) is 4.90 Å². The number of benzene rings is 1. The standard InChI is InChI=1S/C13H13N3O/c1-15(2)13(17)16-8-7-10-5-3-4-6-11(10)12(16)9-14/h3-8,12H,1-2H3. The van der Waals surface area contributed by atoms with Crippen LogP contribution in [0.2, 0.25) is 0 Å². The Morgan fingerprint density at radius 1 is 1.41 bits per heavy atom. The fraction of sp³-hybridized carbons (Fsp3) is 0.231. The minimum atomic E-state index is -0.550. The zero-order chi connectivity index (χ0) is 12.4. The van der Waals surface area contributed by atoms with E-state index in [-0.39, 0.29) is 6.03 Å². The number of nitriles is 1. The van der Waals surface area contributed by atoms with Crippen molar-refractivity contribution in [3.8, 4) is 6.07 Å². The van der Waals surface area contributed by atoms with Gasteiger partial charge < -0.3 is 4.90 Å². The summed E-state index contributed by atoms with van der Waals surface area (Å²) in [7, 11) is 3.34. The Morgan fingerprint density at radius 3 is 2.76 bits per heavy atom. The van der Waals surface area contributed by atoms with Gasteiger partial charge in [0.2, 0.25) is 0 Å². The monoisotopic (exact) mass is 227 g/mol. The molecular weight excluding hydrogens is 214 g/mol. The minimum absolute atomic E-state index is 0.192. The number of hydrogen-bond donors (Lipinski definition) is 0. The molecule has 1 aliphatic heterocycles. The molecule has 0 N–H and O–H groups in total. The normalized spacial score (nSPS) is 17.2. The van der Waals surface area contributed by atoms with Gasteiger partial charge in [0.05, 0.1) is 6.07 Å². The highest BCUT2D eigenvalue weighted by atomic mass is 16.2. The average molecular weight is 227 g/mol. The Kier molecular flexibility index (Phi) is 2.84. The smallest absolute Gasteiger partial charge is 0.324 e. The third kappa shape index (κ3) is 1.87. The van der Waals surface area contributed by atoms with Crippen molar-refractivity contribution in [1.29, 1.82) is 5.26 Å². The van der Waals surface area contributed by atoms with Gasteiger partial charge in [0.1, 0.15) is 0 Å². The lowest BCUT2D eigenvalue weighted by molar-refractivity contribution is 0.181. The lowest BCUT2D eigenvalue weighted by atomic mass is 9.97. The third-order valence-corrected chi connectivity index (χ3v) is 2.71. The molecule has 1 aromatic carbocycles. The predicted molar refractivity (Wildman–Crippen MR) is 64.8 cm³/mol. The van der Waals surface area contributed by atoms with Crippen LogP contribution in [0.5, 0.6) is 0 Å². The first-order valence-corrected chi connectivity index (χ1v) is 5.31. The average Bonchev–Trinajstić information content (AvgIpc) is 2.36. The zero-order valence-electron chi connectivity index (χ0n) is 9.79. The molecule has 0 bridgehead atoms. The second-order valence-electron chi connectivity index (χ2n) is 4.06. The molecule has 0 fully saturated rings. The van der Waals surface area contributed by atoms with Crippen LogP contribution >= 0.6 is 0 Å². The second-order valence-corrected chi connectivity index (χ2v) is 4.06. The van der Waals surface area contributed by atoms with Crippen LogP contribution in [0.3, 0.4) is 0 Å². The van der Waals surface area contributed by atoms with E-state index in [0.29, 0.717) is 0 Å². The zero-order valence-corrected chi connectivity index (χ0v) is 9.79. The maximum Gasteiger partial charge on any atom is 0.324 e. The number of carbonyl (C=O) groups excluding carboxylic acids is 1. The summed E-state index contributed by atoms with van der Waals surface area (Å²) in [6.07, 6.45) is 3.52. The highest BCUT2D eigenvalue weighted by molar-refractivity contribution is 5.78. The maximum absolute atomic E-state index is 11.9. The van der Waals surface area contributed by atoms with Gasteiger partial charge in [0, 0.05) is 20.3 Å². The van der Waals surface area contributed by atoms with Crippen molar-refractivity contribution in [3.63, 3.8) is 0 Å². The largest absolute Gasteiger partial charge is 0.330 e. The van der Waals surface area contributed by atoms with E-state index in [4.69, 9.17) is 0 Å². The number of hydrogen-bond acceptors (Lipinski definition) is 2. The third-order valence-electron chi connectivity index (χ3n) is 2.71. The van der Waals surface area contributed by atoms with Gasteiger partial charge in [0.25, 0.3) is 0 Å². The van der Waals surface area contributed by atoms with Crippen LogP contribution in [0.15, 0.2) is 30.5 Å². The van der Waals surface area contributed by atoms with Gasteiger partial charge in [-0.05, 0) is 17.2 Å². The van der Waals surface area contributed by atoms with Crippen LogP contribution in [0.1, 0.15) is 17.2 Å². The SMILES string of the molecule is CN(C)C(=O)N1C=Cc2ccccc2C1C#N. The maximum atomic E-state index is 11.9. The van der Waals surface area contributed by atoms with Crippen LogP contribution in [0.4, 0.5) is 4.79 Å². The van der Waals surface area contributed by atoms with E-state index in [0.717, 1.165) is 11.1 Å². The molecule has 4 heteroatoms. The number of urea groups is 1. The number of amides is 2. The molecule has 1 atom stereocenters. The van der Waals surface area contributed by atoms with Crippen molar-refractivity contribution >= 4 is 12.1 Å². The first kappa shape index (κ1) is 11.2. The minimum Gasteiger partial charge on any atom is -0.330 e. The molecule has 17 heavy (non-hydrogen) atoms. The van der Waals surface area contributed by atoms with Crippen LogP contribution in [-0.2, 0) is 0 Å². The Labute approximate surface area is 100 Å². The van der Waals surface area contributed by atoms with Crippen LogP contribution < -0.4 is 0 Å². The number of rotatable bonds is 0. The summed E-state index contributed by atoms with van der Waals surface area (Å²) in [5.74, 6) is 0. The van der Waals surface area contributed by atoms with Gasteiger partial charge in [0.15, 0.2) is 6.04 Å². The van der Waals surface area contributed by atoms with Gasteiger partial charge in [-0.2, -0.15) is 5.26 Å². The van der Waals surface area contributed by atoms with Crippen molar-refractivity contribution in [3.05, 3.63) is 41.6 Å². The first-order valence-electron chi connectivity index (χ1n) is 5.31. The predicted octanol–water partition coefficient (Wildman–Crippen LogP) is 2.22. The van der Waals surface area contributed by atoms with Crippen LogP contribution in [0, 0.1) is 11.3 Å². The van der Waals surface area contributed by atoms with E-state index in [1.54, 1.807) is 20.3 Å². The Morgan fingerprint density at radius 2 is 2.12 bits per heavy atom. The number of carbonyl (C=O) groups is 1. The number of nitrogens with zero attached hydrogens (tertiary/aromatic N) is 3. The van der Waals surface area contributed by atoms with Crippen molar-refractivity contribution in [2.45, 2.75) is 6.04 Å². The molecule has 1 heterocycles. The molecule has 86 valence electrons. The molecule has 1 aromatic rings. The molecule has 2 rings (SSSR count). The topological polar surface area (TPSA) is 47.3 Å². The van der Waals surface area contributed by atoms with E-state index >= 15 is 0 Å². The fourth-order valence-corrected chi connectivity index (χ4v) is 1.85. The quantitative estimate of drug-likeness (QED) is 0.682. The van der Waals surface area contributed by atoms with E-state index in [9.17, 15) is 10.1 Å². The molecule has 1 aliphatic rings. The van der Waals surface area contributed by atoms with Crippen molar-refractivity contribution in [1.82, 2.24) is 9.80 Å². The summed E-state index contributed by atoms with van der Waals surface area (Å²) in [6, 6.07) is 9.04. The van der Waals surface area contributed by atoms with E-state index in [1.807, 2.05) is 30.3 Å². The highest BCUT2D eigenvalue weighted by Gasteiger charge is 2.28. The Balaban J connectivity index is 2.43. The molecule has 0 aromatic heterocycles. The summed E-state index contributed by atoms with van der Waals surface area (Å²) in [6.45, 7) is 0. The van der Waals surface area contributed by atoms with Crippen LogP contribution in [-0.4, -0.2) is 29.9 Å². The lowest BCUT2D eigenvalue weighted by Crippen LogP contribution is -2.39. The van der Waals surface area contributed by atoms with E-state index < -0.39 is 6.04 Å². The highest BCUT2D eigenvalue weighted by Crippen LogP contribution is 2.29. The second kappa shape index (κ2) is 4.30. The lowest BCUT2D eigenvalue weighted by Gasteiger charge is -2.30. The van der Waals surface area contributed by atoms with E-state index in [2.05, 4.69) is 6.07 Å². The molecule has 0 saturated heterocycles. The molecular formula is C13H13N3O. The van der Waals surface area contributed by atoms with Crippen molar-refractivity contribution < 1.29 is 4.79 Å². The summed E-state index contributed by atoms with van der Waals surface area (Å²) >= 11 is 0. The molecule has 0 spiro atoms. The first-order chi connectivity index (χ1) is 8.15. The Bertz CT molecular complexity index is 514. The van der Waals surface area contributed by atoms with E-state index in [1.165, 1.54) is 9.80 Å². The molecule has 0 saturated carbocycles. The summed E-state index contributed by atoms with van der Waals surface area (Å²) in [5, 5.41) is 9.24. The van der Waals surface area contributed by atoms with Crippen LogP contribution in [0.25, 0.3) is 6.08 Å². The fourth-order valence-electron chi connectivity index (χ4n) is 1.85. The van der Waals surface area contributed by atoms with Crippen molar-refractivity contribution in [2.24, 2.45) is 0 Å². The molecule has 2 amide bonds.